The molecule has 0 aliphatic carbocycles. The van der Waals surface area contributed by atoms with Crippen molar-refractivity contribution in [1.29, 1.82) is 0 Å². The first-order valence-electron chi connectivity index (χ1n) is 15.7. The van der Waals surface area contributed by atoms with E-state index in [2.05, 4.69) is 65.6 Å². The van der Waals surface area contributed by atoms with Crippen molar-refractivity contribution in [2.45, 2.75) is 64.8 Å². The summed E-state index contributed by atoms with van der Waals surface area (Å²) in [5.41, 5.74) is 5.74. The molecule has 0 unspecified atom stereocenters. The summed E-state index contributed by atoms with van der Waals surface area (Å²) in [5.74, 6) is 0.402. The molecule has 0 bridgehead atoms. The molecule has 1 fully saturated rings. The molecule has 2 aliphatic heterocycles. The van der Waals surface area contributed by atoms with E-state index < -0.39 is 8.07 Å². The van der Waals surface area contributed by atoms with Crippen LogP contribution in [0.3, 0.4) is 0 Å². The lowest BCUT2D eigenvalue weighted by Gasteiger charge is -2.37. The maximum atomic E-state index is 13.2. The van der Waals surface area contributed by atoms with E-state index in [1.807, 2.05) is 41.4 Å². The van der Waals surface area contributed by atoms with Crippen LogP contribution in [0, 0.1) is 5.92 Å². The number of likely N-dealkylation sites (tertiary alicyclic amines) is 1. The van der Waals surface area contributed by atoms with Gasteiger partial charge in [0.05, 0.1) is 11.6 Å². The summed E-state index contributed by atoms with van der Waals surface area (Å²) < 4.78 is 16.4. The van der Waals surface area contributed by atoms with Crippen LogP contribution in [-0.2, 0) is 22.8 Å². The summed E-state index contributed by atoms with van der Waals surface area (Å²) in [7, 11) is -1.15. The topological polar surface area (TPSA) is 73.5 Å². The molecule has 5 heterocycles. The van der Waals surface area contributed by atoms with Gasteiger partial charge in [0.25, 0.3) is 0 Å². The molecule has 6 rings (SSSR count). The largest absolute Gasteiger partial charge is 0.445 e. The zero-order chi connectivity index (χ0) is 30.0. The van der Waals surface area contributed by atoms with Crippen molar-refractivity contribution >= 4 is 41.7 Å². The fourth-order valence-electron chi connectivity index (χ4n) is 6.29. The van der Waals surface area contributed by atoms with Gasteiger partial charge in [0.15, 0.2) is 0 Å². The summed E-state index contributed by atoms with van der Waals surface area (Å²) in [4.78, 5) is 20.1. The van der Waals surface area contributed by atoms with E-state index in [1.165, 1.54) is 22.0 Å². The summed E-state index contributed by atoms with van der Waals surface area (Å²) >= 11 is 0. The van der Waals surface area contributed by atoms with Crippen molar-refractivity contribution in [3.05, 3.63) is 72.2 Å². The summed E-state index contributed by atoms with van der Waals surface area (Å²) in [6.45, 7) is 14.2. The number of rotatable bonds is 9. The minimum atomic E-state index is -1.15. The van der Waals surface area contributed by atoms with Gasteiger partial charge in [-0.25, -0.2) is 9.78 Å². The average Bonchev–Trinajstić information content (AvgIpc) is 3.60. The number of aromatic nitrogens is 3. The lowest BCUT2D eigenvalue weighted by atomic mass is 9.93. The normalized spacial score (nSPS) is 19.6. The van der Waals surface area contributed by atoms with Crippen LogP contribution >= 0.6 is 0 Å². The standard InChI is InChI=1S/C34H45N5O3Si/c1-25-12-16-37(34(40)42-23-26-8-6-5-7-9-26)22-31(25)39-21-30(27-10-14-35-15-11-27)29-20-36-33-28(32(29)39)13-17-38(33)24-41-18-19-43(2,3)4/h5-10,13,17,20-21,25,31,35H,11-12,14-16,18-19,22-24H2,1-4H3/t25-,31+/m1/s1. The van der Waals surface area contributed by atoms with Crippen molar-refractivity contribution in [2.24, 2.45) is 5.92 Å². The molecule has 43 heavy (non-hydrogen) atoms. The Bertz CT molecular complexity index is 1600. The first-order valence-corrected chi connectivity index (χ1v) is 19.4. The number of nitrogens with one attached hydrogen (secondary N) is 1. The second kappa shape index (κ2) is 12.7. The van der Waals surface area contributed by atoms with Crippen LogP contribution in [0.1, 0.15) is 36.9 Å². The van der Waals surface area contributed by atoms with Crippen molar-refractivity contribution < 1.29 is 14.3 Å². The lowest BCUT2D eigenvalue weighted by Crippen LogP contribution is -2.44. The van der Waals surface area contributed by atoms with Crippen LogP contribution < -0.4 is 5.32 Å². The van der Waals surface area contributed by atoms with Crippen LogP contribution in [-0.4, -0.2) is 66.0 Å². The highest BCUT2D eigenvalue weighted by atomic mass is 28.3. The Morgan fingerprint density at radius 3 is 2.74 bits per heavy atom. The van der Waals surface area contributed by atoms with Crippen molar-refractivity contribution in [3.8, 4) is 0 Å². The summed E-state index contributed by atoms with van der Waals surface area (Å²) in [5, 5.41) is 5.75. The third-order valence-corrected chi connectivity index (χ3v) is 10.7. The number of ether oxygens (including phenoxy) is 2. The van der Waals surface area contributed by atoms with Gasteiger partial charge >= 0.3 is 6.09 Å². The van der Waals surface area contributed by atoms with Crippen LogP contribution in [0.15, 0.2) is 61.1 Å². The van der Waals surface area contributed by atoms with Gasteiger partial charge in [-0.3, -0.25) is 0 Å². The number of amides is 1. The van der Waals surface area contributed by atoms with Gasteiger partial charge in [0.1, 0.15) is 19.0 Å². The van der Waals surface area contributed by atoms with E-state index in [0.717, 1.165) is 55.2 Å². The highest BCUT2D eigenvalue weighted by Gasteiger charge is 2.33. The second-order valence-electron chi connectivity index (χ2n) is 13.3. The molecule has 1 saturated heterocycles. The molecule has 1 amide bonds. The molecule has 0 spiro atoms. The molecular weight excluding hydrogens is 554 g/mol. The van der Waals surface area contributed by atoms with Crippen molar-refractivity contribution in [2.75, 3.05) is 32.8 Å². The predicted molar refractivity (Wildman–Crippen MR) is 176 cm³/mol. The van der Waals surface area contributed by atoms with Crippen LogP contribution in [0.4, 0.5) is 4.79 Å². The number of hydrogen-bond donors (Lipinski definition) is 1. The van der Waals surface area contributed by atoms with Gasteiger partial charge in [-0.2, -0.15) is 0 Å². The van der Waals surface area contributed by atoms with Crippen LogP contribution in [0.2, 0.25) is 25.7 Å². The third kappa shape index (κ3) is 6.59. The molecule has 228 valence electrons. The molecule has 1 N–H and O–H groups in total. The molecule has 0 saturated carbocycles. The van der Waals surface area contributed by atoms with Gasteiger partial charge in [-0.1, -0.05) is 63.0 Å². The molecule has 2 atom stereocenters. The molecule has 3 aromatic heterocycles. The van der Waals surface area contributed by atoms with Gasteiger partial charge in [0.2, 0.25) is 0 Å². The molecule has 2 aliphatic rings. The third-order valence-electron chi connectivity index (χ3n) is 8.95. The van der Waals surface area contributed by atoms with E-state index in [1.54, 1.807) is 0 Å². The predicted octanol–water partition coefficient (Wildman–Crippen LogP) is 6.90. The van der Waals surface area contributed by atoms with Crippen molar-refractivity contribution in [3.63, 3.8) is 0 Å². The number of nitrogens with zero attached hydrogens (tertiary/aromatic N) is 4. The van der Waals surface area contributed by atoms with E-state index in [9.17, 15) is 4.79 Å². The Morgan fingerprint density at radius 1 is 1.14 bits per heavy atom. The molecule has 1 aromatic carbocycles. The number of fused-ring (bicyclic) bond motifs is 3. The Balaban J connectivity index is 1.32. The number of carbonyl (C=O) groups is 1. The van der Waals surface area contributed by atoms with Crippen LogP contribution in [0.5, 0.6) is 0 Å². The SMILES string of the molecule is C[C@@H]1CCN(C(=O)OCc2ccccc2)C[C@@H]1n1cc(C2=CCNCC2)c2cnc3c(ccn3COCC[Si](C)(C)C)c21. The van der Waals surface area contributed by atoms with E-state index in [0.29, 0.717) is 25.7 Å². The highest BCUT2D eigenvalue weighted by Crippen LogP contribution is 2.39. The van der Waals surface area contributed by atoms with Gasteiger partial charge in [-0.15, -0.1) is 0 Å². The van der Waals surface area contributed by atoms with E-state index in [4.69, 9.17) is 14.5 Å². The molecular formula is C34H45N5O3Si. The zero-order valence-electron chi connectivity index (χ0n) is 26.0. The maximum Gasteiger partial charge on any atom is 0.410 e. The maximum absolute atomic E-state index is 13.2. The van der Waals surface area contributed by atoms with Gasteiger partial charge in [0, 0.05) is 69.2 Å². The quantitative estimate of drug-likeness (QED) is 0.167. The smallest absolute Gasteiger partial charge is 0.410 e. The fraction of sp³-hybridized carbons (Fsp3) is 0.471. The first kappa shape index (κ1) is 29.7. The monoisotopic (exact) mass is 599 g/mol. The number of piperidine rings is 1. The summed E-state index contributed by atoms with van der Waals surface area (Å²) in [6, 6.07) is 13.3. The number of hydrogen-bond acceptors (Lipinski definition) is 5. The van der Waals surface area contributed by atoms with Gasteiger partial charge in [-0.05, 0) is 48.6 Å². The molecule has 4 aromatic rings. The van der Waals surface area contributed by atoms with E-state index >= 15 is 0 Å². The fourth-order valence-corrected chi connectivity index (χ4v) is 7.05. The van der Waals surface area contributed by atoms with Crippen molar-refractivity contribution in [1.82, 2.24) is 24.3 Å². The molecule has 0 radical (unpaired) electrons. The Labute approximate surface area is 255 Å². The van der Waals surface area contributed by atoms with Crippen LogP contribution in [0.25, 0.3) is 27.5 Å². The number of carbonyl (C=O) groups excluding carboxylic acids is 1. The minimum Gasteiger partial charge on any atom is -0.445 e. The number of pyridine rings is 1. The van der Waals surface area contributed by atoms with Gasteiger partial charge < -0.3 is 28.8 Å². The Hall–Kier alpha value is -3.40. The molecule has 8 nitrogen and oxygen atoms in total. The lowest BCUT2D eigenvalue weighted by molar-refractivity contribution is 0.0698. The first-order chi connectivity index (χ1) is 20.8. The summed E-state index contributed by atoms with van der Waals surface area (Å²) in [6.07, 6.45) is 10.4. The zero-order valence-corrected chi connectivity index (χ0v) is 27.0. The number of benzene rings is 1. The highest BCUT2D eigenvalue weighted by molar-refractivity contribution is 6.76. The molecule has 9 heteroatoms. The second-order valence-corrected chi connectivity index (χ2v) is 19.0. The Morgan fingerprint density at radius 2 is 1.98 bits per heavy atom. The average molecular weight is 600 g/mol. The Kier molecular flexibility index (Phi) is 8.75. The van der Waals surface area contributed by atoms with E-state index in [-0.39, 0.29) is 18.7 Å². The minimum absolute atomic E-state index is 0.124.